The van der Waals surface area contributed by atoms with Gasteiger partial charge >= 0.3 is 5.97 Å². The number of carbonyl (C=O) groups excluding carboxylic acids is 2. The third kappa shape index (κ3) is 4.01. The molecule has 0 bridgehead atoms. The number of nitrogens with one attached hydrogen (secondary N) is 1. The summed E-state index contributed by atoms with van der Waals surface area (Å²) in [6.45, 7) is 6.83. The molecule has 6 heteroatoms. The molecule has 0 spiro atoms. The highest BCUT2D eigenvalue weighted by molar-refractivity contribution is 9.10. The van der Waals surface area contributed by atoms with E-state index in [4.69, 9.17) is 9.15 Å². The van der Waals surface area contributed by atoms with E-state index in [-0.39, 0.29) is 6.61 Å². The van der Waals surface area contributed by atoms with Crippen LogP contribution in [0.1, 0.15) is 33.0 Å². The molecule has 1 aromatic carbocycles. The van der Waals surface area contributed by atoms with E-state index < -0.39 is 11.9 Å². The average Bonchev–Trinajstić information content (AvgIpc) is 2.73. The third-order valence-electron chi connectivity index (χ3n) is 3.54. The second kappa shape index (κ2) is 7.00. The van der Waals surface area contributed by atoms with Crippen LogP contribution in [0.4, 0.5) is 5.69 Å². The van der Waals surface area contributed by atoms with Gasteiger partial charge in [-0.05, 0) is 51.5 Å². The normalized spacial score (nSPS) is 10.5. The molecule has 0 radical (unpaired) electrons. The van der Waals surface area contributed by atoms with Crippen molar-refractivity contribution in [2.75, 3.05) is 11.9 Å². The smallest absolute Gasteiger partial charge is 0.342 e. The molecule has 0 saturated carbocycles. The summed E-state index contributed by atoms with van der Waals surface area (Å²) in [5.74, 6) is 0.216. The Labute approximate surface area is 143 Å². The zero-order valence-corrected chi connectivity index (χ0v) is 15.0. The van der Waals surface area contributed by atoms with E-state index in [9.17, 15) is 9.59 Å². The summed E-state index contributed by atoms with van der Waals surface area (Å²) in [7, 11) is 0. The van der Waals surface area contributed by atoms with E-state index in [0.717, 1.165) is 15.6 Å². The molecule has 1 N–H and O–H groups in total. The molecule has 0 aliphatic carbocycles. The number of aryl methyl sites for hydroxylation is 3. The first-order valence-electron chi connectivity index (χ1n) is 7.09. The Kier molecular flexibility index (Phi) is 5.26. The van der Waals surface area contributed by atoms with Gasteiger partial charge in [0.05, 0.1) is 0 Å². The molecular formula is C17H18BrNO4. The first-order chi connectivity index (χ1) is 10.8. The Morgan fingerprint density at radius 1 is 1.17 bits per heavy atom. The van der Waals surface area contributed by atoms with Gasteiger partial charge in [0, 0.05) is 15.7 Å². The van der Waals surface area contributed by atoms with Gasteiger partial charge in [-0.25, -0.2) is 4.79 Å². The molecule has 1 heterocycles. The quantitative estimate of drug-likeness (QED) is 0.812. The number of benzene rings is 1. The Bertz CT molecular complexity index is 764. The lowest BCUT2D eigenvalue weighted by Gasteiger charge is -2.08. The number of furan rings is 1. The summed E-state index contributed by atoms with van der Waals surface area (Å²) in [5, 5.41) is 2.69. The first-order valence-corrected chi connectivity index (χ1v) is 7.88. The molecule has 23 heavy (non-hydrogen) atoms. The second-order valence-corrected chi connectivity index (χ2v) is 6.16. The molecule has 0 atom stereocenters. The summed E-state index contributed by atoms with van der Waals surface area (Å²) in [6, 6.07) is 5.44. The van der Waals surface area contributed by atoms with E-state index in [1.54, 1.807) is 26.8 Å². The van der Waals surface area contributed by atoms with Gasteiger partial charge in [0.1, 0.15) is 17.1 Å². The van der Waals surface area contributed by atoms with Crippen molar-refractivity contribution in [3.05, 3.63) is 50.9 Å². The fourth-order valence-corrected chi connectivity index (χ4v) is 2.46. The van der Waals surface area contributed by atoms with Crippen LogP contribution in [0.2, 0.25) is 0 Å². The lowest BCUT2D eigenvalue weighted by Crippen LogP contribution is -2.21. The van der Waals surface area contributed by atoms with Crippen LogP contribution >= 0.6 is 15.9 Å². The first kappa shape index (κ1) is 17.3. The number of carbonyl (C=O) groups is 2. The van der Waals surface area contributed by atoms with Crippen LogP contribution < -0.4 is 5.32 Å². The summed E-state index contributed by atoms with van der Waals surface area (Å²) in [6.07, 6.45) is 0. The minimum Gasteiger partial charge on any atom is -0.465 e. The number of anilines is 1. The zero-order valence-electron chi connectivity index (χ0n) is 13.5. The molecule has 1 aromatic heterocycles. The topological polar surface area (TPSA) is 68.5 Å². The predicted octanol–water partition coefficient (Wildman–Crippen LogP) is 4.07. The van der Waals surface area contributed by atoms with Crippen LogP contribution in [-0.4, -0.2) is 18.5 Å². The Balaban J connectivity index is 1.96. The maximum Gasteiger partial charge on any atom is 0.342 e. The molecule has 2 rings (SSSR count). The van der Waals surface area contributed by atoms with Gasteiger partial charge in [-0.1, -0.05) is 15.9 Å². The number of esters is 1. The van der Waals surface area contributed by atoms with Crippen LogP contribution in [0.5, 0.6) is 0 Å². The van der Waals surface area contributed by atoms with Gasteiger partial charge in [-0.2, -0.15) is 0 Å². The Morgan fingerprint density at radius 2 is 1.87 bits per heavy atom. The summed E-state index contributed by atoms with van der Waals surface area (Å²) >= 11 is 3.40. The molecule has 0 saturated heterocycles. The Hall–Kier alpha value is -2.08. The highest BCUT2D eigenvalue weighted by Gasteiger charge is 2.20. The van der Waals surface area contributed by atoms with Gasteiger partial charge in [0.15, 0.2) is 6.61 Å². The number of hydrogen-bond acceptors (Lipinski definition) is 4. The Morgan fingerprint density at radius 3 is 2.43 bits per heavy atom. The number of hydrogen-bond donors (Lipinski definition) is 1. The lowest BCUT2D eigenvalue weighted by atomic mass is 10.1. The van der Waals surface area contributed by atoms with E-state index in [1.807, 2.05) is 19.1 Å². The SMILES string of the molecule is Cc1cc(NC(=O)COC(=O)c2c(C)oc(C)c2C)ccc1Br. The molecule has 0 aliphatic rings. The number of ether oxygens (including phenoxy) is 1. The van der Waals surface area contributed by atoms with Crippen molar-refractivity contribution in [2.45, 2.75) is 27.7 Å². The molecule has 5 nitrogen and oxygen atoms in total. The molecule has 122 valence electrons. The number of amides is 1. The van der Waals surface area contributed by atoms with Gasteiger partial charge in [0.25, 0.3) is 5.91 Å². The molecule has 0 unspecified atom stereocenters. The molecule has 2 aromatic rings. The number of rotatable bonds is 4. The largest absolute Gasteiger partial charge is 0.465 e. The molecule has 1 amide bonds. The highest BCUT2D eigenvalue weighted by atomic mass is 79.9. The summed E-state index contributed by atoms with van der Waals surface area (Å²) in [4.78, 5) is 24.0. The van der Waals surface area contributed by atoms with Crippen LogP contribution in [0.3, 0.4) is 0 Å². The summed E-state index contributed by atoms with van der Waals surface area (Å²) < 4.78 is 11.4. The van der Waals surface area contributed by atoms with E-state index in [0.29, 0.717) is 22.8 Å². The summed E-state index contributed by atoms with van der Waals surface area (Å²) in [5.41, 5.74) is 2.77. The van der Waals surface area contributed by atoms with Crippen molar-refractivity contribution >= 4 is 33.5 Å². The van der Waals surface area contributed by atoms with Crippen molar-refractivity contribution in [1.29, 1.82) is 0 Å². The average molecular weight is 380 g/mol. The van der Waals surface area contributed by atoms with Crippen LogP contribution in [0.25, 0.3) is 0 Å². The van der Waals surface area contributed by atoms with Crippen LogP contribution in [-0.2, 0) is 9.53 Å². The van der Waals surface area contributed by atoms with Crippen LogP contribution in [0.15, 0.2) is 27.1 Å². The monoisotopic (exact) mass is 379 g/mol. The fraction of sp³-hybridized carbons (Fsp3) is 0.294. The van der Waals surface area contributed by atoms with Gasteiger partial charge < -0.3 is 14.5 Å². The van der Waals surface area contributed by atoms with Crippen LogP contribution in [0, 0.1) is 27.7 Å². The van der Waals surface area contributed by atoms with Crippen molar-refractivity contribution in [1.82, 2.24) is 0 Å². The predicted molar refractivity (Wildman–Crippen MR) is 90.7 cm³/mol. The molecule has 0 aliphatic heterocycles. The minimum absolute atomic E-state index is 0.350. The van der Waals surface area contributed by atoms with E-state index in [2.05, 4.69) is 21.2 Å². The molecular weight excluding hydrogens is 362 g/mol. The maximum absolute atomic E-state index is 12.1. The third-order valence-corrected chi connectivity index (χ3v) is 4.43. The molecule has 0 fully saturated rings. The van der Waals surface area contributed by atoms with Crippen molar-refractivity contribution in [2.24, 2.45) is 0 Å². The van der Waals surface area contributed by atoms with Gasteiger partial charge in [-0.15, -0.1) is 0 Å². The van der Waals surface area contributed by atoms with Crippen molar-refractivity contribution in [3.63, 3.8) is 0 Å². The second-order valence-electron chi connectivity index (χ2n) is 5.30. The van der Waals surface area contributed by atoms with Crippen molar-refractivity contribution < 1.29 is 18.7 Å². The van der Waals surface area contributed by atoms with Gasteiger partial charge in [0.2, 0.25) is 0 Å². The zero-order chi connectivity index (χ0) is 17.1. The van der Waals surface area contributed by atoms with E-state index in [1.165, 1.54) is 0 Å². The fourth-order valence-electron chi connectivity index (χ4n) is 2.22. The minimum atomic E-state index is -0.556. The van der Waals surface area contributed by atoms with Crippen molar-refractivity contribution in [3.8, 4) is 0 Å². The highest BCUT2D eigenvalue weighted by Crippen LogP contribution is 2.22. The van der Waals surface area contributed by atoms with Gasteiger partial charge in [-0.3, -0.25) is 4.79 Å². The number of halogens is 1. The van der Waals surface area contributed by atoms with E-state index >= 15 is 0 Å². The standard InChI is InChI=1S/C17H18BrNO4/c1-9-7-13(5-6-14(9)18)19-15(20)8-22-17(21)16-10(2)11(3)23-12(16)4/h5-7H,8H2,1-4H3,(H,19,20). The lowest BCUT2D eigenvalue weighted by molar-refractivity contribution is -0.119. The maximum atomic E-state index is 12.1.